The van der Waals surface area contributed by atoms with Gasteiger partial charge in [-0.05, 0) is 52.9 Å². The van der Waals surface area contributed by atoms with E-state index in [0.717, 1.165) is 16.2 Å². The molecule has 0 heterocycles. The smallest absolute Gasteiger partial charge is 0.251 e. The minimum atomic E-state index is -0.0229. The molecule has 2 atom stereocenters. The van der Waals surface area contributed by atoms with Gasteiger partial charge in [0, 0.05) is 21.4 Å². The lowest BCUT2D eigenvalue weighted by Gasteiger charge is -2.19. The molecule has 1 fully saturated rings. The Hall–Kier alpha value is -0.0600. The van der Waals surface area contributed by atoms with Gasteiger partial charge in [-0.25, -0.2) is 0 Å². The van der Waals surface area contributed by atoms with Crippen molar-refractivity contribution in [3.8, 4) is 0 Å². The largest absolute Gasteiger partial charge is 0.349 e. The van der Waals surface area contributed by atoms with E-state index >= 15 is 0 Å². The highest BCUT2D eigenvalue weighted by atomic mass is 79.9. The maximum atomic E-state index is 12.1. The zero-order valence-corrected chi connectivity index (χ0v) is 13.7. The molecule has 1 aromatic rings. The molecule has 0 spiro atoms. The second-order valence-corrected chi connectivity index (χ2v) is 6.46. The number of rotatable bonds is 3. The summed E-state index contributed by atoms with van der Waals surface area (Å²) >= 11 is 12.8. The van der Waals surface area contributed by atoms with Crippen molar-refractivity contribution in [2.45, 2.75) is 25.3 Å². The molecule has 0 saturated heterocycles. The van der Waals surface area contributed by atoms with Crippen LogP contribution in [0, 0.1) is 5.92 Å². The summed E-state index contributed by atoms with van der Waals surface area (Å²) < 4.78 is 0.750. The fourth-order valence-corrected chi connectivity index (χ4v) is 3.57. The van der Waals surface area contributed by atoms with Gasteiger partial charge in [0.15, 0.2) is 0 Å². The SMILES string of the molecule is O=C(NC1CCCC1CBr)c1ccc(Cl)c(Br)c1. The maximum absolute atomic E-state index is 12.1. The highest BCUT2D eigenvalue weighted by Gasteiger charge is 2.27. The average Bonchev–Trinajstić information content (AvgIpc) is 2.79. The molecular weight excluding hydrogens is 381 g/mol. The summed E-state index contributed by atoms with van der Waals surface area (Å²) in [6.45, 7) is 0. The number of nitrogens with one attached hydrogen (secondary N) is 1. The third-order valence-corrected chi connectivity index (χ3v) is 5.40. The number of hydrogen-bond donors (Lipinski definition) is 1. The molecule has 1 saturated carbocycles. The van der Waals surface area contributed by atoms with Crippen molar-refractivity contribution in [1.82, 2.24) is 5.32 Å². The number of carbonyl (C=O) groups is 1. The highest BCUT2D eigenvalue weighted by molar-refractivity contribution is 9.10. The lowest BCUT2D eigenvalue weighted by Crippen LogP contribution is -2.37. The van der Waals surface area contributed by atoms with Gasteiger partial charge in [-0.2, -0.15) is 0 Å². The van der Waals surface area contributed by atoms with Crippen molar-refractivity contribution in [3.05, 3.63) is 33.3 Å². The second kappa shape index (κ2) is 6.40. The Morgan fingerprint density at radius 3 is 2.89 bits per heavy atom. The predicted octanol–water partition coefficient (Wildman–Crippen LogP) is 4.40. The average molecular weight is 396 g/mol. The van der Waals surface area contributed by atoms with Crippen LogP contribution in [0.4, 0.5) is 0 Å². The van der Waals surface area contributed by atoms with Gasteiger partial charge < -0.3 is 5.32 Å². The van der Waals surface area contributed by atoms with E-state index < -0.39 is 0 Å². The van der Waals surface area contributed by atoms with Crippen LogP contribution < -0.4 is 5.32 Å². The summed E-state index contributed by atoms with van der Waals surface area (Å²) in [5, 5.41) is 4.67. The van der Waals surface area contributed by atoms with Crippen LogP contribution >= 0.6 is 43.5 Å². The molecule has 18 heavy (non-hydrogen) atoms. The minimum absolute atomic E-state index is 0.0229. The molecule has 1 aromatic carbocycles. The van der Waals surface area contributed by atoms with Crippen LogP contribution in [0.25, 0.3) is 0 Å². The zero-order valence-electron chi connectivity index (χ0n) is 9.76. The van der Waals surface area contributed by atoms with Crippen molar-refractivity contribution in [2.75, 3.05) is 5.33 Å². The summed E-state index contributed by atoms with van der Waals surface area (Å²) in [4.78, 5) is 12.1. The molecule has 1 aliphatic carbocycles. The molecule has 1 amide bonds. The Morgan fingerprint density at radius 2 is 2.22 bits per heavy atom. The van der Waals surface area contributed by atoms with E-state index in [4.69, 9.17) is 11.6 Å². The van der Waals surface area contributed by atoms with Crippen molar-refractivity contribution in [2.24, 2.45) is 5.92 Å². The van der Waals surface area contributed by atoms with E-state index in [1.165, 1.54) is 12.8 Å². The topological polar surface area (TPSA) is 29.1 Å². The van der Waals surface area contributed by atoms with Gasteiger partial charge in [-0.1, -0.05) is 34.0 Å². The van der Waals surface area contributed by atoms with Crippen LogP contribution in [-0.4, -0.2) is 17.3 Å². The molecule has 0 aromatic heterocycles. The number of benzene rings is 1. The molecule has 2 nitrogen and oxygen atoms in total. The molecule has 2 unspecified atom stereocenters. The fraction of sp³-hybridized carbons (Fsp3) is 0.462. The summed E-state index contributed by atoms with van der Waals surface area (Å²) in [5.41, 5.74) is 0.645. The standard InChI is InChI=1S/C13H14Br2ClNO/c14-7-9-2-1-3-12(9)17-13(18)8-4-5-11(16)10(15)6-8/h4-6,9,12H,1-3,7H2,(H,17,18). The van der Waals surface area contributed by atoms with Gasteiger partial charge in [0.1, 0.15) is 0 Å². The third kappa shape index (κ3) is 3.28. The van der Waals surface area contributed by atoms with Crippen molar-refractivity contribution in [1.29, 1.82) is 0 Å². The molecule has 98 valence electrons. The molecule has 2 rings (SSSR count). The molecule has 0 bridgehead atoms. The van der Waals surface area contributed by atoms with Crippen molar-refractivity contribution in [3.63, 3.8) is 0 Å². The second-order valence-electron chi connectivity index (χ2n) is 4.55. The summed E-state index contributed by atoms with van der Waals surface area (Å²) in [7, 11) is 0. The van der Waals surface area contributed by atoms with Crippen molar-refractivity contribution < 1.29 is 4.79 Å². The molecule has 1 N–H and O–H groups in total. The van der Waals surface area contributed by atoms with Crippen LogP contribution in [0.5, 0.6) is 0 Å². The third-order valence-electron chi connectivity index (χ3n) is 3.36. The Balaban J connectivity index is 2.05. The summed E-state index contributed by atoms with van der Waals surface area (Å²) in [5.74, 6) is 0.523. The van der Waals surface area contributed by atoms with Gasteiger partial charge in [-0.15, -0.1) is 0 Å². The first-order valence-corrected chi connectivity index (χ1v) is 8.23. The number of carbonyl (C=O) groups excluding carboxylic acids is 1. The fourth-order valence-electron chi connectivity index (χ4n) is 2.30. The normalized spacial score (nSPS) is 23.1. The highest BCUT2D eigenvalue weighted by Crippen LogP contribution is 2.28. The minimum Gasteiger partial charge on any atom is -0.349 e. The van der Waals surface area contributed by atoms with Crippen LogP contribution in [0.1, 0.15) is 29.6 Å². The number of halogens is 3. The first-order chi connectivity index (χ1) is 8.61. The number of alkyl halides is 1. The van der Waals surface area contributed by atoms with Gasteiger partial charge in [0.25, 0.3) is 5.91 Å². The van der Waals surface area contributed by atoms with Gasteiger partial charge in [0.05, 0.1) is 5.02 Å². The Morgan fingerprint density at radius 1 is 1.44 bits per heavy atom. The van der Waals surface area contributed by atoms with E-state index in [0.29, 0.717) is 16.5 Å². The first-order valence-electron chi connectivity index (χ1n) is 5.93. The Bertz CT molecular complexity index is 453. The quantitative estimate of drug-likeness (QED) is 0.756. The van der Waals surface area contributed by atoms with Gasteiger partial charge >= 0.3 is 0 Å². The summed E-state index contributed by atoms with van der Waals surface area (Å²) in [6.07, 6.45) is 3.43. The monoisotopic (exact) mass is 393 g/mol. The number of amides is 1. The summed E-state index contributed by atoms with van der Waals surface area (Å²) in [6, 6.07) is 5.53. The molecule has 5 heteroatoms. The lowest BCUT2D eigenvalue weighted by molar-refractivity contribution is 0.0930. The Kier molecular flexibility index (Phi) is 5.10. The van der Waals surface area contributed by atoms with E-state index in [-0.39, 0.29) is 11.9 Å². The van der Waals surface area contributed by atoms with Crippen LogP contribution in [0.15, 0.2) is 22.7 Å². The van der Waals surface area contributed by atoms with Crippen LogP contribution in [0.2, 0.25) is 5.02 Å². The molecular formula is C13H14Br2ClNO. The van der Waals surface area contributed by atoms with E-state index in [1.54, 1.807) is 18.2 Å². The van der Waals surface area contributed by atoms with E-state index in [2.05, 4.69) is 37.2 Å². The molecule has 0 aliphatic heterocycles. The van der Waals surface area contributed by atoms with E-state index in [9.17, 15) is 4.79 Å². The number of hydrogen-bond acceptors (Lipinski definition) is 1. The van der Waals surface area contributed by atoms with Crippen LogP contribution in [0.3, 0.4) is 0 Å². The molecule has 1 aliphatic rings. The zero-order chi connectivity index (χ0) is 13.1. The Labute approximate surface area is 129 Å². The van der Waals surface area contributed by atoms with Crippen LogP contribution in [-0.2, 0) is 0 Å². The lowest BCUT2D eigenvalue weighted by atomic mass is 10.1. The first kappa shape index (κ1) is 14.4. The predicted molar refractivity (Wildman–Crippen MR) is 81.5 cm³/mol. The van der Waals surface area contributed by atoms with Gasteiger partial charge in [-0.3, -0.25) is 4.79 Å². The van der Waals surface area contributed by atoms with E-state index in [1.807, 2.05) is 0 Å². The van der Waals surface area contributed by atoms with Gasteiger partial charge in [0.2, 0.25) is 0 Å². The molecule has 0 radical (unpaired) electrons. The maximum Gasteiger partial charge on any atom is 0.251 e. The van der Waals surface area contributed by atoms with Crippen molar-refractivity contribution >= 4 is 49.4 Å².